The van der Waals surface area contributed by atoms with Crippen LogP contribution < -0.4 is 0 Å². The van der Waals surface area contributed by atoms with Crippen LogP contribution in [0.2, 0.25) is 0 Å². The van der Waals surface area contributed by atoms with Crippen LogP contribution in [0.3, 0.4) is 0 Å². The third-order valence-corrected chi connectivity index (χ3v) is 5.82. The van der Waals surface area contributed by atoms with E-state index in [4.69, 9.17) is 9.47 Å². The van der Waals surface area contributed by atoms with Crippen molar-refractivity contribution < 1.29 is 24.5 Å². The lowest BCUT2D eigenvalue weighted by atomic mass is 9.90. The molecule has 0 spiro atoms. The summed E-state index contributed by atoms with van der Waals surface area (Å²) in [5.74, 6) is -2.30. The molecule has 2 unspecified atom stereocenters. The van der Waals surface area contributed by atoms with E-state index in [-0.39, 0.29) is 11.3 Å². The standard InChI is InChI=1S/C26H38O5/c1-3-4-5-6-7-8-9-10-11-15-20-31-26(30-2)19-18-22(24(28)25(26)29)23(27)21-16-13-12-14-17-21/h12-14,16-19,25,27,29H,3-11,15,20H2,1-2H3. The van der Waals surface area contributed by atoms with Crippen molar-refractivity contribution in [3.63, 3.8) is 0 Å². The van der Waals surface area contributed by atoms with E-state index in [1.807, 2.05) is 6.07 Å². The van der Waals surface area contributed by atoms with Crippen LogP contribution in [0, 0.1) is 0 Å². The Morgan fingerprint density at radius 1 is 0.968 bits per heavy atom. The van der Waals surface area contributed by atoms with Crippen molar-refractivity contribution in [3.8, 4) is 0 Å². The molecule has 0 aromatic heterocycles. The zero-order valence-corrected chi connectivity index (χ0v) is 19.0. The summed E-state index contributed by atoms with van der Waals surface area (Å²) in [5.41, 5.74) is 0.563. The molecule has 2 rings (SSSR count). The van der Waals surface area contributed by atoms with Gasteiger partial charge in [0.2, 0.25) is 11.6 Å². The van der Waals surface area contributed by atoms with Gasteiger partial charge in [0.15, 0.2) is 6.10 Å². The Hall–Kier alpha value is -1.95. The van der Waals surface area contributed by atoms with Crippen molar-refractivity contribution in [3.05, 3.63) is 53.6 Å². The Labute approximate surface area is 186 Å². The average molecular weight is 431 g/mol. The molecule has 1 aromatic rings. The molecular weight excluding hydrogens is 392 g/mol. The Bertz CT molecular complexity index is 725. The molecule has 0 saturated carbocycles. The van der Waals surface area contributed by atoms with Crippen molar-refractivity contribution in [2.75, 3.05) is 13.7 Å². The Balaban J connectivity index is 1.82. The second-order valence-corrected chi connectivity index (χ2v) is 8.18. The summed E-state index contributed by atoms with van der Waals surface area (Å²) < 4.78 is 11.2. The maximum Gasteiger partial charge on any atom is 0.222 e. The number of carbonyl (C=O) groups is 1. The minimum absolute atomic E-state index is 0.0499. The summed E-state index contributed by atoms with van der Waals surface area (Å²) in [5, 5.41) is 21.1. The van der Waals surface area contributed by atoms with E-state index in [9.17, 15) is 15.0 Å². The lowest BCUT2D eigenvalue weighted by Gasteiger charge is -2.35. The van der Waals surface area contributed by atoms with Gasteiger partial charge in [-0.1, -0.05) is 95.0 Å². The maximum atomic E-state index is 12.7. The third kappa shape index (κ3) is 7.30. The van der Waals surface area contributed by atoms with Gasteiger partial charge < -0.3 is 19.7 Å². The molecule has 1 aliphatic rings. The van der Waals surface area contributed by atoms with Gasteiger partial charge in [-0.25, -0.2) is 0 Å². The minimum Gasteiger partial charge on any atom is -0.507 e. The molecule has 0 saturated heterocycles. The Kier molecular flexibility index (Phi) is 11.0. The number of ether oxygens (including phenoxy) is 2. The predicted molar refractivity (Wildman–Crippen MR) is 124 cm³/mol. The van der Waals surface area contributed by atoms with Crippen LogP contribution in [0.4, 0.5) is 0 Å². The van der Waals surface area contributed by atoms with Gasteiger partial charge in [0.1, 0.15) is 5.76 Å². The molecule has 0 radical (unpaired) electrons. The van der Waals surface area contributed by atoms with Crippen LogP contribution in [0.5, 0.6) is 0 Å². The number of benzene rings is 1. The van der Waals surface area contributed by atoms with Crippen LogP contribution in [0.15, 0.2) is 48.1 Å². The molecule has 5 nitrogen and oxygen atoms in total. The fourth-order valence-electron chi connectivity index (χ4n) is 3.84. The Morgan fingerprint density at radius 3 is 2.13 bits per heavy atom. The molecule has 0 amide bonds. The zero-order chi connectivity index (χ0) is 22.5. The SMILES string of the molecule is CCCCCCCCCCCCOC1(OC)C=CC(=C(O)c2ccccc2)C(=O)C1O. The highest BCUT2D eigenvalue weighted by Gasteiger charge is 2.46. The number of Topliss-reactive ketones (excluding diaryl/α,β-unsaturated/α-hetero) is 1. The van der Waals surface area contributed by atoms with Crippen molar-refractivity contribution in [2.45, 2.75) is 83.0 Å². The summed E-state index contributed by atoms with van der Waals surface area (Å²) in [6.45, 7) is 2.63. The molecule has 31 heavy (non-hydrogen) atoms. The minimum atomic E-state index is -1.54. The van der Waals surface area contributed by atoms with E-state index in [0.717, 1.165) is 19.3 Å². The van der Waals surface area contributed by atoms with E-state index in [1.165, 1.54) is 64.2 Å². The van der Waals surface area contributed by atoms with Gasteiger partial charge in [-0.15, -0.1) is 0 Å². The first-order chi connectivity index (χ1) is 15.1. The molecule has 5 heteroatoms. The molecule has 0 heterocycles. The number of aliphatic hydroxyl groups is 2. The highest BCUT2D eigenvalue weighted by atomic mass is 16.7. The van der Waals surface area contributed by atoms with Crippen molar-refractivity contribution in [1.29, 1.82) is 0 Å². The first-order valence-corrected chi connectivity index (χ1v) is 11.6. The molecule has 1 aromatic carbocycles. The van der Waals surface area contributed by atoms with Crippen molar-refractivity contribution in [1.82, 2.24) is 0 Å². The second-order valence-electron chi connectivity index (χ2n) is 8.18. The summed E-state index contributed by atoms with van der Waals surface area (Å²) in [4.78, 5) is 12.7. The Morgan fingerprint density at radius 2 is 1.55 bits per heavy atom. The molecule has 0 fully saturated rings. The van der Waals surface area contributed by atoms with Gasteiger partial charge >= 0.3 is 0 Å². The topological polar surface area (TPSA) is 76.0 Å². The van der Waals surface area contributed by atoms with E-state index >= 15 is 0 Å². The first-order valence-electron chi connectivity index (χ1n) is 11.6. The highest BCUT2D eigenvalue weighted by Crippen LogP contribution is 2.31. The zero-order valence-electron chi connectivity index (χ0n) is 19.0. The van der Waals surface area contributed by atoms with Gasteiger partial charge in [0.25, 0.3) is 0 Å². The number of rotatable bonds is 14. The summed E-state index contributed by atoms with van der Waals surface area (Å²) in [7, 11) is 1.41. The van der Waals surface area contributed by atoms with Crippen LogP contribution in [0.25, 0.3) is 5.76 Å². The fourth-order valence-corrected chi connectivity index (χ4v) is 3.84. The fraction of sp³-hybridized carbons (Fsp3) is 0.577. The molecule has 0 bridgehead atoms. The van der Waals surface area contributed by atoms with E-state index < -0.39 is 17.7 Å². The summed E-state index contributed by atoms with van der Waals surface area (Å²) in [6, 6.07) is 8.78. The van der Waals surface area contributed by atoms with Crippen LogP contribution in [0.1, 0.15) is 76.7 Å². The number of allylic oxidation sites excluding steroid dienone is 1. The largest absolute Gasteiger partial charge is 0.507 e. The lowest BCUT2D eigenvalue weighted by Crippen LogP contribution is -2.52. The van der Waals surface area contributed by atoms with Gasteiger partial charge in [0.05, 0.1) is 12.2 Å². The van der Waals surface area contributed by atoms with Gasteiger partial charge in [-0.2, -0.15) is 0 Å². The van der Waals surface area contributed by atoms with E-state index in [0.29, 0.717) is 12.2 Å². The molecule has 0 aliphatic heterocycles. The van der Waals surface area contributed by atoms with Crippen molar-refractivity contribution in [2.24, 2.45) is 0 Å². The average Bonchev–Trinajstić information content (AvgIpc) is 2.80. The van der Waals surface area contributed by atoms with E-state index in [2.05, 4.69) is 6.92 Å². The van der Waals surface area contributed by atoms with Crippen LogP contribution >= 0.6 is 0 Å². The number of methoxy groups -OCH3 is 1. The van der Waals surface area contributed by atoms with E-state index in [1.54, 1.807) is 24.3 Å². The number of carbonyl (C=O) groups excluding carboxylic acids is 1. The number of hydrogen-bond acceptors (Lipinski definition) is 5. The highest BCUT2D eigenvalue weighted by molar-refractivity contribution is 6.08. The second kappa shape index (κ2) is 13.5. The molecule has 1 aliphatic carbocycles. The predicted octanol–water partition coefficient (Wildman–Crippen LogP) is 5.74. The summed E-state index contributed by atoms with van der Waals surface area (Å²) in [6.07, 6.45) is 13.6. The number of hydrogen-bond donors (Lipinski definition) is 2. The van der Waals surface area contributed by atoms with Gasteiger partial charge in [-0.05, 0) is 18.6 Å². The third-order valence-electron chi connectivity index (χ3n) is 5.82. The molecule has 2 atom stereocenters. The number of aliphatic hydroxyl groups excluding tert-OH is 2. The molecular formula is C26H38O5. The first kappa shape index (κ1) is 25.3. The number of ketones is 1. The van der Waals surface area contributed by atoms with Crippen LogP contribution in [-0.4, -0.2) is 41.6 Å². The normalized spacial score (nSPS) is 22.7. The monoisotopic (exact) mass is 430 g/mol. The van der Waals surface area contributed by atoms with Gasteiger partial charge in [0, 0.05) is 12.7 Å². The van der Waals surface area contributed by atoms with Crippen molar-refractivity contribution >= 4 is 11.5 Å². The summed E-state index contributed by atoms with van der Waals surface area (Å²) >= 11 is 0. The lowest BCUT2D eigenvalue weighted by molar-refractivity contribution is -0.236. The smallest absolute Gasteiger partial charge is 0.222 e. The maximum absolute atomic E-state index is 12.7. The molecule has 172 valence electrons. The van der Waals surface area contributed by atoms with Gasteiger partial charge in [-0.3, -0.25) is 4.79 Å². The molecule has 2 N–H and O–H groups in total. The quantitative estimate of drug-likeness (QED) is 0.170. The number of unbranched alkanes of at least 4 members (excludes halogenated alkanes) is 9. The van der Waals surface area contributed by atoms with Crippen LogP contribution in [-0.2, 0) is 14.3 Å².